The molecule has 0 radical (unpaired) electrons. The molecule has 1 aliphatic heterocycles. The summed E-state index contributed by atoms with van der Waals surface area (Å²) in [4.78, 5) is 25.0. The topological polar surface area (TPSA) is 46.6 Å². The number of esters is 1. The fourth-order valence-corrected chi connectivity index (χ4v) is 2.39. The number of carbonyl (C=O) groups is 2. The Balaban J connectivity index is 1.78. The lowest BCUT2D eigenvalue weighted by molar-refractivity contribution is -0.154. The summed E-state index contributed by atoms with van der Waals surface area (Å²) in [6.07, 6.45) is -3.30. The quantitative estimate of drug-likeness (QED) is 0.798. The Bertz CT molecular complexity index is 569. The number of ether oxygens (including phenoxy) is 1. The molecule has 23 heavy (non-hydrogen) atoms. The van der Waals surface area contributed by atoms with Crippen LogP contribution in [0.2, 0.25) is 0 Å². The zero-order valence-electron chi connectivity index (χ0n) is 12.7. The lowest BCUT2D eigenvalue weighted by Gasteiger charge is -2.27. The van der Waals surface area contributed by atoms with Gasteiger partial charge in [-0.25, -0.2) is 0 Å². The summed E-state index contributed by atoms with van der Waals surface area (Å²) >= 11 is 0. The van der Waals surface area contributed by atoms with Gasteiger partial charge in [0.05, 0.1) is 18.1 Å². The largest absolute Gasteiger partial charge is 0.465 e. The lowest BCUT2D eigenvalue weighted by atomic mass is 9.97. The third-order valence-electron chi connectivity index (χ3n) is 3.91. The Morgan fingerprint density at radius 1 is 1.30 bits per heavy atom. The molecule has 126 valence electrons. The van der Waals surface area contributed by atoms with Gasteiger partial charge < -0.3 is 9.64 Å². The van der Waals surface area contributed by atoms with Crippen molar-refractivity contribution < 1.29 is 27.5 Å². The molecular formula is C16H18F3NO3. The minimum absolute atomic E-state index is 0.0825. The normalized spacial score (nSPS) is 18.9. The number of rotatable bonds is 4. The van der Waals surface area contributed by atoms with Gasteiger partial charge in [0.15, 0.2) is 0 Å². The predicted molar refractivity (Wildman–Crippen MR) is 76.5 cm³/mol. The second kappa shape index (κ2) is 7.02. The van der Waals surface area contributed by atoms with Gasteiger partial charge in [-0.1, -0.05) is 12.1 Å². The first kappa shape index (κ1) is 17.3. The molecular weight excluding hydrogens is 311 g/mol. The van der Waals surface area contributed by atoms with Crippen molar-refractivity contribution in [3.8, 4) is 0 Å². The van der Waals surface area contributed by atoms with Crippen molar-refractivity contribution in [3.63, 3.8) is 0 Å². The number of nitrogens with zero attached hydrogens (tertiary/aromatic N) is 1. The molecule has 7 heteroatoms. The van der Waals surface area contributed by atoms with Gasteiger partial charge in [0.1, 0.15) is 0 Å². The molecule has 0 unspecified atom stereocenters. The van der Waals surface area contributed by atoms with E-state index >= 15 is 0 Å². The van der Waals surface area contributed by atoms with E-state index in [1.165, 1.54) is 12.1 Å². The highest BCUT2D eigenvalue weighted by molar-refractivity contribution is 5.84. The van der Waals surface area contributed by atoms with E-state index in [1.807, 2.05) is 0 Å². The van der Waals surface area contributed by atoms with Crippen molar-refractivity contribution in [2.24, 2.45) is 5.92 Å². The van der Waals surface area contributed by atoms with Crippen molar-refractivity contribution >= 4 is 11.9 Å². The van der Waals surface area contributed by atoms with Gasteiger partial charge in [-0.15, -0.1) is 0 Å². The molecule has 1 saturated heterocycles. The number of piperidine rings is 1. The van der Waals surface area contributed by atoms with Gasteiger partial charge in [-0.3, -0.25) is 9.59 Å². The Kier molecular flexibility index (Phi) is 5.28. The van der Waals surface area contributed by atoms with Crippen LogP contribution in [-0.4, -0.2) is 37.0 Å². The fraction of sp³-hybridized carbons (Fsp3) is 0.500. The molecule has 1 fully saturated rings. The molecule has 1 atom stereocenters. The summed E-state index contributed by atoms with van der Waals surface area (Å²) in [5.74, 6) is -0.925. The average Bonchev–Trinajstić information content (AvgIpc) is 2.49. The molecule has 1 aliphatic rings. The number of carbonyl (C=O) groups excluding carboxylic acids is 2. The van der Waals surface area contributed by atoms with Gasteiger partial charge in [-0.2, -0.15) is 13.2 Å². The molecule has 1 heterocycles. The molecule has 4 nitrogen and oxygen atoms in total. The molecule has 1 amide bonds. The van der Waals surface area contributed by atoms with Crippen LogP contribution in [0.3, 0.4) is 0 Å². The first-order valence-electron chi connectivity index (χ1n) is 7.34. The second-order valence-corrected chi connectivity index (χ2v) is 5.62. The Hall–Kier alpha value is -2.05. The Morgan fingerprint density at radius 3 is 2.52 bits per heavy atom. The molecule has 0 N–H and O–H groups in total. The lowest BCUT2D eigenvalue weighted by Crippen LogP contribution is -2.38. The van der Waals surface area contributed by atoms with Gasteiger partial charge in [0, 0.05) is 26.4 Å². The summed E-state index contributed by atoms with van der Waals surface area (Å²) < 4.78 is 42.5. The smallest absolute Gasteiger partial charge is 0.416 e. The van der Waals surface area contributed by atoms with Crippen LogP contribution < -0.4 is 0 Å². The van der Waals surface area contributed by atoms with Crippen LogP contribution >= 0.6 is 0 Å². The first-order chi connectivity index (χ1) is 10.8. The molecule has 1 aromatic carbocycles. The molecule has 1 aromatic rings. The fourth-order valence-electron chi connectivity index (χ4n) is 2.39. The zero-order valence-corrected chi connectivity index (χ0v) is 12.7. The van der Waals surface area contributed by atoms with E-state index in [-0.39, 0.29) is 18.9 Å². The van der Waals surface area contributed by atoms with Crippen LogP contribution in [0.25, 0.3) is 0 Å². The van der Waals surface area contributed by atoms with E-state index in [4.69, 9.17) is 4.74 Å². The van der Waals surface area contributed by atoms with Crippen molar-refractivity contribution in [1.82, 2.24) is 4.90 Å². The number of benzene rings is 1. The van der Waals surface area contributed by atoms with E-state index in [1.54, 1.807) is 11.9 Å². The third kappa shape index (κ3) is 4.71. The van der Waals surface area contributed by atoms with Crippen LogP contribution in [0.5, 0.6) is 0 Å². The highest BCUT2D eigenvalue weighted by Gasteiger charge is 2.30. The van der Waals surface area contributed by atoms with Crippen LogP contribution in [-0.2, 0) is 26.9 Å². The van der Waals surface area contributed by atoms with Crippen LogP contribution in [0.4, 0.5) is 13.2 Å². The third-order valence-corrected chi connectivity index (χ3v) is 3.91. The number of hydrogen-bond acceptors (Lipinski definition) is 3. The summed E-state index contributed by atoms with van der Waals surface area (Å²) in [7, 11) is 1.69. The summed E-state index contributed by atoms with van der Waals surface area (Å²) in [5, 5.41) is 0. The standard InChI is InChI=1S/C16H18F3NO3/c1-20-8-6-12(10-14(20)21)15(22)23-9-7-11-2-4-13(5-3-11)16(17,18)19/h2-5,12H,6-10H2,1H3/t12-/m0/s1. The molecule has 0 aliphatic carbocycles. The summed E-state index contributed by atoms with van der Waals surface area (Å²) in [6.45, 7) is 0.613. The SMILES string of the molecule is CN1CC[C@H](C(=O)OCCc2ccc(C(F)(F)F)cc2)CC1=O. The summed E-state index contributed by atoms with van der Waals surface area (Å²) in [5.41, 5.74) is -0.0478. The van der Waals surface area contributed by atoms with Gasteiger partial charge in [0.2, 0.25) is 5.91 Å². The van der Waals surface area contributed by atoms with Crippen LogP contribution in [0.1, 0.15) is 24.0 Å². The number of likely N-dealkylation sites (tertiary alicyclic amines) is 1. The van der Waals surface area contributed by atoms with E-state index < -0.39 is 23.6 Å². The zero-order chi connectivity index (χ0) is 17.0. The van der Waals surface area contributed by atoms with Crippen molar-refractivity contribution in [1.29, 1.82) is 0 Å². The molecule has 0 bridgehead atoms. The van der Waals surface area contributed by atoms with Gasteiger partial charge in [-0.05, 0) is 24.1 Å². The van der Waals surface area contributed by atoms with Crippen molar-refractivity contribution in [3.05, 3.63) is 35.4 Å². The van der Waals surface area contributed by atoms with Gasteiger partial charge >= 0.3 is 12.1 Å². The Morgan fingerprint density at radius 2 is 1.96 bits per heavy atom. The van der Waals surface area contributed by atoms with E-state index in [0.29, 0.717) is 24.9 Å². The molecule has 2 rings (SSSR count). The van der Waals surface area contributed by atoms with Crippen molar-refractivity contribution in [2.45, 2.75) is 25.4 Å². The maximum Gasteiger partial charge on any atom is 0.416 e. The average molecular weight is 329 g/mol. The first-order valence-corrected chi connectivity index (χ1v) is 7.34. The van der Waals surface area contributed by atoms with E-state index in [0.717, 1.165) is 12.1 Å². The number of hydrogen-bond donors (Lipinski definition) is 0. The number of amides is 1. The van der Waals surface area contributed by atoms with Crippen LogP contribution in [0.15, 0.2) is 24.3 Å². The molecule has 0 aromatic heterocycles. The van der Waals surface area contributed by atoms with E-state index in [9.17, 15) is 22.8 Å². The van der Waals surface area contributed by atoms with E-state index in [2.05, 4.69) is 0 Å². The minimum atomic E-state index is -4.36. The highest BCUT2D eigenvalue weighted by Crippen LogP contribution is 2.29. The van der Waals surface area contributed by atoms with Crippen molar-refractivity contribution in [2.75, 3.05) is 20.2 Å². The molecule has 0 saturated carbocycles. The highest BCUT2D eigenvalue weighted by atomic mass is 19.4. The maximum absolute atomic E-state index is 12.4. The van der Waals surface area contributed by atoms with Crippen LogP contribution in [0, 0.1) is 5.92 Å². The number of alkyl halides is 3. The Labute approximate surface area is 132 Å². The summed E-state index contributed by atoms with van der Waals surface area (Å²) in [6, 6.07) is 4.76. The maximum atomic E-state index is 12.4. The predicted octanol–water partition coefficient (Wildman–Crippen LogP) is 2.66. The number of halogens is 3. The minimum Gasteiger partial charge on any atom is -0.465 e. The second-order valence-electron chi connectivity index (χ2n) is 5.62. The monoisotopic (exact) mass is 329 g/mol. The molecule has 0 spiro atoms. The van der Waals surface area contributed by atoms with Gasteiger partial charge in [0.25, 0.3) is 0 Å².